The summed E-state index contributed by atoms with van der Waals surface area (Å²) in [6.07, 6.45) is 28.0. The summed E-state index contributed by atoms with van der Waals surface area (Å²) in [4.78, 5) is 1.85. The highest BCUT2D eigenvalue weighted by Gasteiger charge is 2.12. The summed E-state index contributed by atoms with van der Waals surface area (Å²) < 4.78 is 33.5. The van der Waals surface area contributed by atoms with Crippen molar-refractivity contribution in [2.24, 2.45) is 0 Å². The van der Waals surface area contributed by atoms with Gasteiger partial charge in [0, 0.05) is 19.6 Å². The fraction of sp³-hybridized carbons (Fsp3) is 1.00. The topological polar surface area (TPSA) is 128 Å². The van der Waals surface area contributed by atoms with Gasteiger partial charge in [-0.15, -0.1) is 0 Å². The average Bonchev–Trinajstić information content (AvgIpc) is 2.87. The van der Waals surface area contributed by atoms with E-state index in [0.717, 1.165) is 12.8 Å². The number of hydrogen-bond acceptors (Lipinski definition) is 7. The van der Waals surface area contributed by atoms with Crippen molar-refractivity contribution in [3.05, 3.63) is 0 Å². The molecule has 0 bridgehead atoms. The summed E-state index contributed by atoms with van der Waals surface area (Å²) in [5.74, 6) is 0. The molecule has 0 saturated carbocycles. The van der Waals surface area contributed by atoms with Gasteiger partial charge in [-0.3, -0.25) is 9.45 Å². The molecule has 0 aromatic rings. The van der Waals surface area contributed by atoms with Crippen LogP contribution >= 0.6 is 0 Å². The van der Waals surface area contributed by atoms with Crippen molar-refractivity contribution in [3.63, 3.8) is 0 Å². The zero-order chi connectivity index (χ0) is 31.9. The average molecular weight is 626 g/mol. The van der Waals surface area contributed by atoms with E-state index in [2.05, 4.69) is 11.1 Å². The summed E-state index contributed by atoms with van der Waals surface area (Å²) in [5.41, 5.74) is 0. The lowest BCUT2D eigenvalue weighted by Gasteiger charge is -2.25. The van der Waals surface area contributed by atoms with E-state index >= 15 is 0 Å². The minimum absolute atomic E-state index is 0.0952. The third-order valence-electron chi connectivity index (χ3n) is 7.30. The molecule has 0 spiro atoms. The Kier molecular flexibility index (Phi) is 33.5. The predicted molar refractivity (Wildman–Crippen MR) is 176 cm³/mol. The van der Waals surface area contributed by atoms with E-state index in [0.29, 0.717) is 26.1 Å². The van der Waals surface area contributed by atoms with Crippen molar-refractivity contribution in [3.8, 4) is 0 Å². The molecule has 0 aliphatic heterocycles. The van der Waals surface area contributed by atoms with Crippen molar-refractivity contribution in [2.75, 3.05) is 26.2 Å². The molecule has 3 unspecified atom stereocenters. The summed E-state index contributed by atoms with van der Waals surface area (Å²) >= 11 is 0. The molecule has 0 aliphatic carbocycles. The minimum Gasteiger partial charge on any atom is -0.392 e. The lowest BCUT2D eigenvalue weighted by Crippen LogP contribution is -2.40. The highest BCUT2D eigenvalue weighted by atomic mass is 32.3. The third kappa shape index (κ3) is 41.8. The first kappa shape index (κ1) is 43.8. The quantitative estimate of drug-likeness (QED) is 0.0470. The Morgan fingerprint density at radius 2 is 0.738 bits per heavy atom. The van der Waals surface area contributed by atoms with E-state index < -0.39 is 28.7 Å². The minimum atomic E-state index is -4.25. The summed E-state index contributed by atoms with van der Waals surface area (Å²) in [7, 11) is -4.25. The molecule has 9 heteroatoms. The number of unbranched alkanes of at least 4 members (excludes halogenated alkanes) is 21. The molecule has 0 rings (SSSR count). The van der Waals surface area contributed by atoms with Gasteiger partial charge in [0.1, 0.15) is 0 Å². The van der Waals surface area contributed by atoms with Gasteiger partial charge in [0.15, 0.2) is 0 Å². The van der Waals surface area contributed by atoms with E-state index in [-0.39, 0.29) is 6.61 Å². The molecular weight excluding hydrogens is 554 g/mol. The highest BCUT2D eigenvalue weighted by Crippen LogP contribution is 2.15. The van der Waals surface area contributed by atoms with Crippen LogP contribution in [0.15, 0.2) is 0 Å². The molecule has 0 saturated heterocycles. The fourth-order valence-corrected chi connectivity index (χ4v) is 5.55. The number of rotatable bonds is 30. The van der Waals surface area contributed by atoms with Crippen LogP contribution < -0.4 is 0 Å². The number of nitrogens with zero attached hydrogens (tertiary/aromatic N) is 1. The lowest BCUT2D eigenvalue weighted by molar-refractivity contribution is 0.0530. The van der Waals surface area contributed by atoms with Gasteiger partial charge >= 0.3 is 10.4 Å². The van der Waals surface area contributed by atoms with Gasteiger partial charge in [0.05, 0.1) is 24.9 Å². The van der Waals surface area contributed by atoms with E-state index in [1.54, 1.807) is 20.8 Å². The monoisotopic (exact) mass is 625 g/mol. The van der Waals surface area contributed by atoms with Crippen molar-refractivity contribution in [1.82, 2.24) is 4.90 Å². The van der Waals surface area contributed by atoms with Crippen molar-refractivity contribution >= 4 is 10.4 Å². The molecule has 256 valence electrons. The van der Waals surface area contributed by atoms with Gasteiger partial charge < -0.3 is 15.3 Å². The molecule has 0 heterocycles. The molecule has 0 fully saturated rings. The van der Waals surface area contributed by atoms with Crippen LogP contribution in [-0.2, 0) is 14.6 Å². The summed E-state index contributed by atoms with van der Waals surface area (Å²) in [6, 6.07) is 0. The standard InChI is InChI=1S/C24H50O4S.C9H21NO3/c1-2-3-4-5-6-7-8-9-10-11-12-13-14-15-16-17-18-19-20-21-22-23-24-28-29(25,26)27;1-7(11)4-10(5-8(2)12)6-9(3)13/h2-24H2,1H3,(H,25,26,27);7-9,11-13H,4-6H2,1-3H3. The van der Waals surface area contributed by atoms with Crippen LogP contribution in [0.3, 0.4) is 0 Å². The molecule has 4 N–H and O–H groups in total. The second-order valence-corrected chi connectivity index (χ2v) is 13.5. The Labute approximate surface area is 261 Å². The largest absolute Gasteiger partial charge is 0.397 e. The first-order valence-electron chi connectivity index (χ1n) is 17.4. The number of aliphatic hydroxyl groups is 3. The van der Waals surface area contributed by atoms with Crippen LogP contribution in [0, 0.1) is 0 Å². The predicted octanol–water partition coefficient (Wildman–Crippen LogP) is 7.84. The highest BCUT2D eigenvalue weighted by molar-refractivity contribution is 7.80. The van der Waals surface area contributed by atoms with Crippen molar-refractivity contribution < 1.29 is 32.5 Å². The van der Waals surface area contributed by atoms with E-state index in [1.165, 1.54) is 122 Å². The molecule has 0 aromatic heterocycles. The molecular formula is C33H71NO7S. The molecule has 0 aromatic carbocycles. The fourth-order valence-electron chi connectivity index (χ4n) is 5.22. The summed E-state index contributed by atoms with van der Waals surface area (Å²) in [5, 5.41) is 27.4. The third-order valence-corrected chi connectivity index (χ3v) is 7.76. The van der Waals surface area contributed by atoms with Crippen LogP contribution in [-0.4, -0.2) is 77.7 Å². The molecule has 0 radical (unpaired) electrons. The zero-order valence-corrected chi connectivity index (χ0v) is 28.8. The van der Waals surface area contributed by atoms with Crippen molar-refractivity contribution in [1.29, 1.82) is 0 Å². The Balaban J connectivity index is 0. The Morgan fingerprint density at radius 1 is 0.500 bits per heavy atom. The normalized spacial score (nSPS) is 14.0. The first-order chi connectivity index (χ1) is 20.0. The molecule has 3 atom stereocenters. The SMILES string of the molecule is CC(O)CN(CC(C)O)CC(C)O.CCCCCCCCCCCCCCCCCCCCCCCCOS(=O)(=O)O. The van der Waals surface area contributed by atoms with Crippen LogP contribution in [0.1, 0.15) is 169 Å². The Hall–Kier alpha value is -0.290. The first-order valence-corrected chi connectivity index (χ1v) is 18.7. The molecule has 0 aliphatic rings. The van der Waals surface area contributed by atoms with Crippen LogP contribution in [0.5, 0.6) is 0 Å². The molecule has 42 heavy (non-hydrogen) atoms. The maximum atomic E-state index is 10.4. The van der Waals surface area contributed by atoms with Crippen molar-refractivity contribution in [2.45, 2.75) is 187 Å². The second kappa shape index (κ2) is 32.1. The van der Waals surface area contributed by atoms with Gasteiger partial charge in [0.2, 0.25) is 0 Å². The van der Waals surface area contributed by atoms with Crippen LogP contribution in [0.25, 0.3) is 0 Å². The van der Waals surface area contributed by atoms with Gasteiger partial charge in [0.25, 0.3) is 0 Å². The van der Waals surface area contributed by atoms with Gasteiger partial charge in [-0.2, -0.15) is 8.42 Å². The second-order valence-electron chi connectivity index (χ2n) is 12.4. The van der Waals surface area contributed by atoms with Crippen LogP contribution in [0.2, 0.25) is 0 Å². The van der Waals surface area contributed by atoms with Crippen LogP contribution in [0.4, 0.5) is 0 Å². The van der Waals surface area contributed by atoms with E-state index in [4.69, 9.17) is 19.9 Å². The van der Waals surface area contributed by atoms with Gasteiger partial charge in [-0.1, -0.05) is 142 Å². The van der Waals surface area contributed by atoms with Gasteiger partial charge in [-0.05, 0) is 27.2 Å². The number of aliphatic hydroxyl groups excluding tert-OH is 3. The zero-order valence-electron chi connectivity index (χ0n) is 28.0. The van der Waals surface area contributed by atoms with E-state index in [9.17, 15) is 8.42 Å². The maximum Gasteiger partial charge on any atom is 0.397 e. The Morgan fingerprint density at radius 3 is 0.952 bits per heavy atom. The molecule has 8 nitrogen and oxygen atoms in total. The van der Waals surface area contributed by atoms with E-state index in [1.807, 2.05) is 4.90 Å². The lowest BCUT2D eigenvalue weighted by atomic mass is 10.0. The van der Waals surface area contributed by atoms with Gasteiger partial charge in [-0.25, -0.2) is 4.18 Å². The summed E-state index contributed by atoms with van der Waals surface area (Å²) in [6.45, 7) is 8.90. The maximum absolute atomic E-state index is 10.4. The number of hydrogen-bond donors (Lipinski definition) is 4. The Bertz CT molecular complexity index is 606. The molecule has 0 amide bonds. The smallest absolute Gasteiger partial charge is 0.392 e.